The van der Waals surface area contributed by atoms with Crippen LogP contribution in [0.5, 0.6) is 5.75 Å². The fourth-order valence-electron chi connectivity index (χ4n) is 3.03. The average Bonchev–Trinajstić information content (AvgIpc) is 2.63. The highest BCUT2D eigenvalue weighted by atomic mass is 16.5. The van der Waals surface area contributed by atoms with Gasteiger partial charge in [-0.3, -0.25) is 4.90 Å². The highest BCUT2D eigenvalue weighted by Gasteiger charge is 2.24. The van der Waals surface area contributed by atoms with Gasteiger partial charge in [0.2, 0.25) is 0 Å². The van der Waals surface area contributed by atoms with E-state index in [4.69, 9.17) is 4.74 Å². The van der Waals surface area contributed by atoms with E-state index in [9.17, 15) is 5.11 Å². The number of hydrogen-bond donors (Lipinski definition) is 2. The lowest BCUT2D eigenvalue weighted by molar-refractivity contribution is 0.108. The van der Waals surface area contributed by atoms with Gasteiger partial charge >= 0.3 is 0 Å². The number of rotatable bonds is 6. The van der Waals surface area contributed by atoms with E-state index in [0.29, 0.717) is 6.61 Å². The second-order valence-electron chi connectivity index (χ2n) is 5.80. The molecule has 1 heterocycles. The number of ether oxygens (including phenoxy) is 1. The van der Waals surface area contributed by atoms with Crippen LogP contribution in [0.25, 0.3) is 0 Å². The Morgan fingerprint density at radius 1 is 1.00 bits per heavy atom. The molecule has 1 aliphatic rings. The van der Waals surface area contributed by atoms with Gasteiger partial charge < -0.3 is 15.2 Å². The number of nitrogens with zero attached hydrogens (tertiary/aromatic N) is 1. The van der Waals surface area contributed by atoms with Crippen LogP contribution < -0.4 is 10.1 Å². The molecule has 0 saturated carbocycles. The number of aliphatic hydroxyl groups is 1. The highest BCUT2D eigenvalue weighted by Crippen LogP contribution is 2.30. The SMILES string of the molecule is OC[C@@H](c1ccccc1OCc1ccccc1)N1CCNCC1. The van der Waals surface area contributed by atoms with Crippen molar-refractivity contribution < 1.29 is 9.84 Å². The molecule has 2 aromatic carbocycles. The minimum Gasteiger partial charge on any atom is -0.489 e. The molecule has 1 saturated heterocycles. The zero-order valence-corrected chi connectivity index (χ0v) is 13.3. The highest BCUT2D eigenvalue weighted by molar-refractivity contribution is 5.36. The smallest absolute Gasteiger partial charge is 0.124 e. The summed E-state index contributed by atoms with van der Waals surface area (Å²) in [5.41, 5.74) is 2.21. The van der Waals surface area contributed by atoms with Gasteiger partial charge in [-0.15, -0.1) is 0 Å². The van der Waals surface area contributed by atoms with Gasteiger partial charge in [0.1, 0.15) is 12.4 Å². The zero-order valence-electron chi connectivity index (χ0n) is 13.3. The molecule has 0 aromatic heterocycles. The molecule has 0 spiro atoms. The van der Waals surface area contributed by atoms with Crippen LogP contribution >= 0.6 is 0 Å². The summed E-state index contributed by atoms with van der Waals surface area (Å²) in [6.45, 7) is 4.45. The Morgan fingerprint density at radius 3 is 2.43 bits per heavy atom. The third kappa shape index (κ3) is 4.10. The second-order valence-corrected chi connectivity index (χ2v) is 5.80. The van der Waals surface area contributed by atoms with Crippen molar-refractivity contribution in [3.05, 3.63) is 65.7 Å². The van der Waals surface area contributed by atoms with Gasteiger partial charge in [-0.2, -0.15) is 0 Å². The van der Waals surface area contributed by atoms with Crippen molar-refractivity contribution in [1.82, 2.24) is 10.2 Å². The summed E-state index contributed by atoms with van der Waals surface area (Å²) in [7, 11) is 0. The van der Waals surface area contributed by atoms with Crippen LogP contribution in [-0.4, -0.2) is 42.8 Å². The molecule has 122 valence electrons. The van der Waals surface area contributed by atoms with Crippen molar-refractivity contribution in [1.29, 1.82) is 0 Å². The molecule has 2 N–H and O–H groups in total. The Labute approximate surface area is 137 Å². The van der Waals surface area contributed by atoms with Gasteiger partial charge in [0.05, 0.1) is 12.6 Å². The fraction of sp³-hybridized carbons (Fsp3) is 0.368. The van der Waals surface area contributed by atoms with Crippen molar-refractivity contribution in [3.63, 3.8) is 0 Å². The summed E-state index contributed by atoms with van der Waals surface area (Å²) in [5.74, 6) is 0.855. The van der Waals surface area contributed by atoms with Crippen molar-refractivity contribution in [2.45, 2.75) is 12.6 Å². The topological polar surface area (TPSA) is 44.7 Å². The van der Waals surface area contributed by atoms with E-state index in [2.05, 4.69) is 28.4 Å². The molecular weight excluding hydrogens is 288 g/mol. The molecule has 4 heteroatoms. The van der Waals surface area contributed by atoms with E-state index in [1.807, 2.05) is 36.4 Å². The van der Waals surface area contributed by atoms with Crippen molar-refractivity contribution >= 4 is 0 Å². The van der Waals surface area contributed by atoms with Crippen molar-refractivity contribution in [3.8, 4) is 5.75 Å². The maximum atomic E-state index is 9.92. The van der Waals surface area contributed by atoms with Gasteiger partial charge in [-0.1, -0.05) is 48.5 Å². The predicted octanol–water partition coefficient (Wildman–Crippen LogP) is 2.20. The number of piperazine rings is 1. The van der Waals surface area contributed by atoms with Gasteiger partial charge in [-0.25, -0.2) is 0 Å². The second kappa shape index (κ2) is 8.11. The Balaban J connectivity index is 1.75. The standard InChI is InChI=1S/C19H24N2O2/c22-14-18(21-12-10-20-11-13-21)17-8-4-5-9-19(17)23-15-16-6-2-1-3-7-16/h1-9,18,20,22H,10-15H2/t18-/m0/s1. The quantitative estimate of drug-likeness (QED) is 0.858. The summed E-state index contributed by atoms with van der Waals surface area (Å²) >= 11 is 0. The molecule has 23 heavy (non-hydrogen) atoms. The number of para-hydroxylation sites is 1. The summed E-state index contributed by atoms with van der Waals surface area (Å²) in [6, 6.07) is 18.2. The Hall–Kier alpha value is -1.88. The molecule has 0 amide bonds. The Bertz CT molecular complexity index is 597. The zero-order chi connectivity index (χ0) is 15.9. The van der Waals surface area contributed by atoms with Gasteiger partial charge in [0.25, 0.3) is 0 Å². The van der Waals surface area contributed by atoms with E-state index >= 15 is 0 Å². The van der Waals surface area contributed by atoms with Crippen LogP contribution in [0.4, 0.5) is 0 Å². The molecule has 4 nitrogen and oxygen atoms in total. The first-order valence-electron chi connectivity index (χ1n) is 8.20. The van der Waals surface area contributed by atoms with E-state index in [0.717, 1.165) is 43.1 Å². The largest absolute Gasteiger partial charge is 0.489 e. The number of benzene rings is 2. The van der Waals surface area contributed by atoms with Gasteiger partial charge in [0.15, 0.2) is 0 Å². The molecule has 1 aliphatic heterocycles. The average molecular weight is 312 g/mol. The Kier molecular flexibility index (Phi) is 5.64. The van der Waals surface area contributed by atoms with Crippen molar-refractivity contribution in [2.75, 3.05) is 32.8 Å². The molecule has 2 aromatic rings. The monoisotopic (exact) mass is 312 g/mol. The Morgan fingerprint density at radius 2 is 1.70 bits per heavy atom. The predicted molar refractivity (Wildman–Crippen MR) is 91.5 cm³/mol. The van der Waals surface area contributed by atoms with Crippen LogP contribution in [-0.2, 0) is 6.61 Å². The first kappa shape index (κ1) is 16.0. The first-order valence-corrected chi connectivity index (χ1v) is 8.20. The van der Waals surface area contributed by atoms with E-state index < -0.39 is 0 Å². The van der Waals surface area contributed by atoms with Crippen LogP contribution in [0.3, 0.4) is 0 Å². The molecule has 0 aliphatic carbocycles. The summed E-state index contributed by atoms with van der Waals surface area (Å²) in [5, 5.41) is 13.3. The third-order valence-corrected chi connectivity index (χ3v) is 4.28. The molecule has 1 atom stereocenters. The van der Waals surface area contributed by atoms with Crippen LogP contribution in [0, 0.1) is 0 Å². The minimum absolute atomic E-state index is 0.0101. The lowest BCUT2D eigenvalue weighted by Crippen LogP contribution is -2.46. The lowest BCUT2D eigenvalue weighted by Gasteiger charge is -2.34. The van der Waals surface area contributed by atoms with E-state index in [1.54, 1.807) is 0 Å². The number of hydrogen-bond acceptors (Lipinski definition) is 4. The molecular formula is C19H24N2O2. The molecule has 0 bridgehead atoms. The first-order chi connectivity index (χ1) is 11.4. The van der Waals surface area contributed by atoms with E-state index in [1.165, 1.54) is 0 Å². The number of nitrogens with one attached hydrogen (secondary N) is 1. The third-order valence-electron chi connectivity index (χ3n) is 4.28. The molecule has 3 rings (SSSR count). The normalized spacial score (nSPS) is 16.9. The maximum Gasteiger partial charge on any atom is 0.124 e. The molecule has 0 radical (unpaired) electrons. The van der Waals surface area contributed by atoms with Gasteiger partial charge in [-0.05, 0) is 11.6 Å². The fourth-order valence-corrected chi connectivity index (χ4v) is 3.03. The van der Waals surface area contributed by atoms with Crippen molar-refractivity contribution in [2.24, 2.45) is 0 Å². The summed E-state index contributed by atoms with van der Waals surface area (Å²) in [4.78, 5) is 2.32. The lowest BCUT2D eigenvalue weighted by atomic mass is 10.0. The van der Waals surface area contributed by atoms with Gasteiger partial charge in [0, 0.05) is 31.7 Å². The molecule has 1 fully saturated rings. The van der Waals surface area contributed by atoms with Crippen LogP contribution in [0.1, 0.15) is 17.2 Å². The van der Waals surface area contributed by atoms with E-state index in [-0.39, 0.29) is 12.6 Å². The summed E-state index contributed by atoms with van der Waals surface area (Å²) < 4.78 is 6.04. The van der Waals surface area contributed by atoms with Crippen LogP contribution in [0.15, 0.2) is 54.6 Å². The minimum atomic E-state index is -0.0101. The number of aliphatic hydroxyl groups excluding tert-OH is 1. The molecule has 0 unspecified atom stereocenters. The maximum absolute atomic E-state index is 9.92. The summed E-state index contributed by atoms with van der Waals surface area (Å²) in [6.07, 6.45) is 0. The van der Waals surface area contributed by atoms with Crippen LogP contribution in [0.2, 0.25) is 0 Å².